The zero-order valence-electron chi connectivity index (χ0n) is 12.8. The Balaban J connectivity index is 2.08. The highest BCUT2D eigenvalue weighted by Crippen LogP contribution is 2.44. The van der Waals surface area contributed by atoms with Gasteiger partial charge in [-0.1, -0.05) is 19.9 Å². The van der Waals surface area contributed by atoms with Crippen LogP contribution in [0, 0.1) is 11.6 Å². The monoisotopic (exact) mass is 301 g/mol. The fourth-order valence-corrected chi connectivity index (χ4v) is 3.44. The lowest BCUT2D eigenvalue weighted by Gasteiger charge is -2.32. The van der Waals surface area contributed by atoms with Crippen molar-refractivity contribution in [1.29, 1.82) is 0 Å². The summed E-state index contributed by atoms with van der Waals surface area (Å²) in [6, 6.07) is 3.92. The number of nitrogens with zero attached hydrogens (tertiary/aromatic N) is 1. The zero-order chi connectivity index (χ0) is 15.9. The van der Waals surface area contributed by atoms with Gasteiger partial charge < -0.3 is 4.79 Å². The highest BCUT2D eigenvalue weighted by molar-refractivity contribution is 6.80. The summed E-state index contributed by atoms with van der Waals surface area (Å²) in [6.07, 6.45) is 4.00. The second-order valence-electron chi connectivity index (χ2n) is 6.92. The van der Waals surface area contributed by atoms with Crippen LogP contribution in [0.4, 0.5) is 8.78 Å². The van der Waals surface area contributed by atoms with Crippen LogP contribution < -0.4 is 0 Å². The predicted octanol–water partition coefficient (Wildman–Crippen LogP) is 3.73. The van der Waals surface area contributed by atoms with Crippen LogP contribution in [0.15, 0.2) is 34.5 Å². The minimum absolute atomic E-state index is 0.0834. The second-order valence-corrected chi connectivity index (χ2v) is 6.92. The van der Waals surface area contributed by atoms with Gasteiger partial charge in [0.15, 0.2) is 11.6 Å². The molecule has 3 rings (SSSR count). The summed E-state index contributed by atoms with van der Waals surface area (Å²) >= 11 is 0. The van der Waals surface area contributed by atoms with Crippen LogP contribution in [0.1, 0.15) is 44.6 Å². The van der Waals surface area contributed by atoms with E-state index in [4.69, 9.17) is 0 Å². The molecule has 0 aliphatic carbocycles. The van der Waals surface area contributed by atoms with Gasteiger partial charge >= 0.3 is 0 Å². The van der Waals surface area contributed by atoms with Crippen molar-refractivity contribution in [2.45, 2.75) is 44.3 Å². The van der Waals surface area contributed by atoms with Crippen LogP contribution in [0.2, 0.25) is 5.31 Å². The van der Waals surface area contributed by atoms with Gasteiger partial charge in [-0.05, 0) is 42.3 Å². The average Bonchev–Trinajstić information content (AvgIpc) is 2.63. The molecule has 2 nitrogen and oxygen atoms in total. The molecule has 1 aromatic rings. The Morgan fingerprint density at radius 1 is 1.27 bits per heavy atom. The van der Waals surface area contributed by atoms with Crippen molar-refractivity contribution in [2.24, 2.45) is 4.99 Å². The van der Waals surface area contributed by atoms with Crippen molar-refractivity contribution >= 4 is 19.2 Å². The van der Waals surface area contributed by atoms with E-state index in [-0.39, 0.29) is 16.9 Å². The second kappa shape index (κ2) is 5.45. The number of carbonyl (C=O) groups excluding carboxylic acids is 1. The van der Waals surface area contributed by atoms with Crippen LogP contribution >= 0.6 is 0 Å². The van der Waals surface area contributed by atoms with E-state index in [1.54, 1.807) is 6.07 Å². The molecule has 2 aliphatic heterocycles. The topological polar surface area (TPSA) is 29.4 Å². The van der Waals surface area contributed by atoms with Gasteiger partial charge in [-0.3, -0.25) is 4.99 Å². The molecule has 22 heavy (non-hydrogen) atoms. The van der Waals surface area contributed by atoms with Crippen molar-refractivity contribution < 1.29 is 13.6 Å². The molecule has 2 heterocycles. The standard InChI is InChI=1S/C17H18BF2NO/c1-17(2)9-14-15(16(22)18-17)11(4-3-7-21-14)10-5-6-12(19)13(20)8-10/h5-8,11,18H,3-4,9H2,1-2H3. The smallest absolute Gasteiger partial charge is 0.217 e. The molecular weight excluding hydrogens is 283 g/mol. The van der Waals surface area contributed by atoms with Gasteiger partial charge in [-0.15, -0.1) is 0 Å². The van der Waals surface area contributed by atoms with E-state index >= 15 is 0 Å². The Hall–Kier alpha value is -1.78. The molecule has 0 saturated heterocycles. The third-order valence-corrected chi connectivity index (χ3v) is 4.42. The molecule has 0 spiro atoms. The van der Waals surface area contributed by atoms with E-state index in [1.165, 1.54) is 6.07 Å². The van der Waals surface area contributed by atoms with Gasteiger partial charge in [-0.25, -0.2) is 8.78 Å². The van der Waals surface area contributed by atoms with Crippen LogP contribution in [-0.2, 0) is 4.79 Å². The Morgan fingerprint density at radius 2 is 2.05 bits per heavy atom. The lowest BCUT2D eigenvalue weighted by Crippen LogP contribution is -2.31. The van der Waals surface area contributed by atoms with Crippen molar-refractivity contribution in [3.05, 3.63) is 46.7 Å². The van der Waals surface area contributed by atoms with Crippen molar-refractivity contribution in [3.63, 3.8) is 0 Å². The minimum atomic E-state index is -0.867. The molecule has 1 atom stereocenters. The number of carbonyl (C=O) groups is 1. The van der Waals surface area contributed by atoms with Gasteiger partial charge in [0.2, 0.25) is 7.28 Å². The van der Waals surface area contributed by atoms with Crippen LogP contribution in [-0.4, -0.2) is 19.2 Å². The van der Waals surface area contributed by atoms with E-state index in [2.05, 4.69) is 18.8 Å². The Bertz CT molecular complexity index is 694. The summed E-state index contributed by atoms with van der Waals surface area (Å²) in [5, 5.41) is -0.101. The van der Waals surface area contributed by atoms with Crippen molar-refractivity contribution in [2.75, 3.05) is 0 Å². The molecule has 1 unspecified atom stereocenters. The van der Waals surface area contributed by atoms with Crippen molar-refractivity contribution in [1.82, 2.24) is 0 Å². The molecule has 0 radical (unpaired) electrons. The lowest BCUT2D eigenvalue weighted by molar-refractivity contribution is -0.109. The van der Waals surface area contributed by atoms with Crippen molar-refractivity contribution in [3.8, 4) is 0 Å². The minimum Gasteiger partial charge on any atom is -0.306 e. The molecule has 0 aromatic heterocycles. The van der Waals surface area contributed by atoms with Crippen LogP contribution in [0.5, 0.6) is 0 Å². The summed E-state index contributed by atoms with van der Waals surface area (Å²) in [7, 11) is 0.474. The third kappa shape index (κ3) is 2.76. The van der Waals surface area contributed by atoms with Gasteiger partial charge in [0.05, 0.1) is 0 Å². The molecular formula is C17H18BF2NO. The number of hydrogen-bond donors (Lipinski definition) is 0. The van der Waals surface area contributed by atoms with E-state index < -0.39 is 11.6 Å². The molecule has 1 aromatic carbocycles. The first-order chi connectivity index (χ1) is 10.4. The van der Waals surface area contributed by atoms with E-state index in [9.17, 15) is 13.6 Å². The Labute approximate surface area is 129 Å². The molecule has 0 N–H and O–H groups in total. The summed E-state index contributed by atoms with van der Waals surface area (Å²) < 4.78 is 26.8. The normalized spacial score (nSPS) is 23.8. The summed E-state index contributed by atoms with van der Waals surface area (Å²) in [6.45, 7) is 4.11. The first-order valence-electron chi connectivity index (χ1n) is 7.61. The van der Waals surface area contributed by atoms with Gasteiger partial charge in [-0.2, -0.15) is 0 Å². The molecule has 2 aliphatic rings. The maximum absolute atomic E-state index is 13.6. The van der Waals surface area contributed by atoms with Crippen LogP contribution in [0.3, 0.4) is 0 Å². The molecule has 5 heteroatoms. The number of rotatable bonds is 1. The zero-order valence-corrected chi connectivity index (χ0v) is 12.8. The summed E-state index contributed by atoms with van der Waals surface area (Å²) in [4.78, 5) is 17.1. The fraction of sp³-hybridized carbons (Fsp3) is 0.412. The number of aliphatic imine (C=N–C) groups is 1. The maximum atomic E-state index is 13.6. The molecule has 114 valence electrons. The van der Waals surface area contributed by atoms with Gasteiger partial charge in [0, 0.05) is 23.4 Å². The molecule has 0 fully saturated rings. The SMILES string of the molecule is CC1(C)BC(=O)C2=C(C1)N=CCCC2c1ccc(F)c(F)c1. The number of benzene rings is 1. The van der Waals surface area contributed by atoms with Gasteiger partial charge in [0.25, 0.3) is 0 Å². The quantitative estimate of drug-likeness (QED) is 0.727. The highest BCUT2D eigenvalue weighted by Gasteiger charge is 2.38. The predicted molar refractivity (Wildman–Crippen MR) is 84.7 cm³/mol. The maximum Gasteiger partial charge on any atom is 0.217 e. The first kappa shape index (κ1) is 15.1. The van der Waals surface area contributed by atoms with Gasteiger partial charge in [0.1, 0.15) is 5.68 Å². The highest BCUT2D eigenvalue weighted by atomic mass is 19.2. The number of allylic oxidation sites excluding steroid dienone is 2. The largest absolute Gasteiger partial charge is 0.306 e. The van der Waals surface area contributed by atoms with Crippen LogP contribution in [0.25, 0.3) is 0 Å². The molecule has 0 saturated carbocycles. The fourth-order valence-electron chi connectivity index (χ4n) is 3.44. The first-order valence-corrected chi connectivity index (χ1v) is 7.61. The average molecular weight is 301 g/mol. The number of hydrogen-bond acceptors (Lipinski definition) is 2. The Morgan fingerprint density at radius 3 is 2.77 bits per heavy atom. The molecule has 0 bridgehead atoms. The van der Waals surface area contributed by atoms with E-state index in [0.29, 0.717) is 24.8 Å². The van der Waals surface area contributed by atoms with E-state index in [0.717, 1.165) is 24.6 Å². The van der Waals surface area contributed by atoms with E-state index in [1.807, 2.05) is 6.21 Å². The Kier molecular flexibility index (Phi) is 3.75. The third-order valence-electron chi connectivity index (χ3n) is 4.42. The summed E-state index contributed by atoms with van der Waals surface area (Å²) in [5.74, 6) is -1.93. The number of halogens is 2. The summed E-state index contributed by atoms with van der Waals surface area (Å²) in [5.41, 5.74) is 2.25. The molecule has 0 amide bonds. The lowest BCUT2D eigenvalue weighted by atomic mass is 9.45.